The molecule has 0 aromatic heterocycles. The lowest BCUT2D eigenvalue weighted by atomic mass is 10.1. The van der Waals surface area contributed by atoms with Crippen LogP contribution in [-0.2, 0) is 31.2 Å². The molecule has 0 aliphatic rings. The molecule has 2 amide bonds. The van der Waals surface area contributed by atoms with Crippen molar-refractivity contribution in [1.82, 2.24) is 0 Å². The molecule has 7 aromatic carbocycles. The molecule has 0 aliphatic heterocycles. The molecule has 326 valence electrons. The molecule has 0 saturated heterocycles. The number of carboxylic acids is 2. The highest BCUT2D eigenvalue weighted by Crippen LogP contribution is 2.38. The van der Waals surface area contributed by atoms with Gasteiger partial charge in [0.1, 0.15) is 49.2 Å². The van der Waals surface area contributed by atoms with Gasteiger partial charge in [-0.15, -0.1) is 0 Å². The van der Waals surface area contributed by atoms with E-state index in [9.17, 15) is 34.2 Å². The minimum absolute atomic E-state index is 0.0234. The molecule has 65 heavy (non-hydrogen) atoms. The number of carbonyl (C=O) groups excluding carboxylic acids is 3. The van der Waals surface area contributed by atoms with Gasteiger partial charge in [0, 0.05) is 17.4 Å². The molecular weight excluding hydrogens is 833 g/mol. The molecule has 14 nitrogen and oxygen atoms in total. The highest BCUT2D eigenvalue weighted by Gasteiger charge is 2.26. The maximum absolute atomic E-state index is 14.3. The van der Waals surface area contributed by atoms with Crippen LogP contribution in [0.1, 0.15) is 63.7 Å². The van der Waals surface area contributed by atoms with Gasteiger partial charge >= 0.3 is 11.9 Å². The van der Waals surface area contributed by atoms with Crippen LogP contribution in [0.15, 0.2) is 164 Å². The van der Waals surface area contributed by atoms with Crippen molar-refractivity contribution in [3.63, 3.8) is 0 Å². The Labute approximate surface area is 372 Å². The van der Waals surface area contributed by atoms with Crippen LogP contribution < -0.4 is 34.3 Å². The Morgan fingerprint density at radius 3 is 1.25 bits per heavy atom. The van der Waals surface area contributed by atoms with Gasteiger partial charge in [0.25, 0.3) is 18.3 Å². The van der Waals surface area contributed by atoms with Gasteiger partial charge < -0.3 is 44.5 Å². The summed E-state index contributed by atoms with van der Waals surface area (Å²) in [6.45, 7) is 0.223. The Morgan fingerprint density at radius 1 is 0.446 bits per heavy atom. The average molecular weight is 873 g/mol. The fourth-order valence-corrected chi connectivity index (χ4v) is 6.52. The summed E-state index contributed by atoms with van der Waals surface area (Å²) in [5, 5.41) is 25.8. The summed E-state index contributed by atoms with van der Waals surface area (Å²) in [6, 6.07) is 45.3. The third-order valence-corrected chi connectivity index (χ3v) is 9.63. The second-order valence-corrected chi connectivity index (χ2v) is 14.3. The summed E-state index contributed by atoms with van der Waals surface area (Å²) in [4.78, 5) is 65.4. The van der Waals surface area contributed by atoms with E-state index in [0.717, 1.165) is 22.8 Å². The Morgan fingerprint density at radius 2 is 0.831 bits per heavy atom. The fourth-order valence-electron chi connectivity index (χ4n) is 6.52. The first-order valence-electron chi connectivity index (χ1n) is 20.0. The molecule has 0 bridgehead atoms. The standard InChI is InChI=1S/C51H40N2O12/c54-32-65-45-27-41(62-29-34-15-7-2-8-16-34)25-43(47(45)64-31-36-19-11-4-12-20-36)49(56)53-39-22-37(50(57)58)21-38(23-39)52-48(55)42-24-40(61-28-33-13-5-1-6-14-33)26-44(51(59)60)46(42)63-30-35-17-9-3-10-18-35/h1-27,32H,28-31H2,(H,52,55)(H,53,56)(H,57,58)(H,59,60). The Bertz CT molecular complexity index is 2800. The number of aromatic carboxylic acids is 2. The molecule has 0 unspecified atom stereocenters. The van der Waals surface area contributed by atoms with Gasteiger partial charge in [0.2, 0.25) is 0 Å². The normalized spacial score (nSPS) is 10.5. The van der Waals surface area contributed by atoms with Crippen molar-refractivity contribution in [2.45, 2.75) is 26.4 Å². The van der Waals surface area contributed by atoms with Crippen LogP contribution in [0.2, 0.25) is 0 Å². The molecule has 0 heterocycles. The quantitative estimate of drug-likeness (QED) is 0.0531. The minimum Gasteiger partial charge on any atom is -0.489 e. The maximum Gasteiger partial charge on any atom is 0.339 e. The predicted octanol–water partition coefficient (Wildman–Crippen LogP) is 9.44. The number of anilines is 2. The van der Waals surface area contributed by atoms with Crippen LogP contribution in [0, 0.1) is 0 Å². The Kier molecular flexibility index (Phi) is 14.4. The number of ether oxygens (including phenoxy) is 5. The van der Waals surface area contributed by atoms with Gasteiger partial charge in [-0.3, -0.25) is 14.4 Å². The molecule has 7 aromatic rings. The van der Waals surface area contributed by atoms with Crippen LogP contribution in [0.25, 0.3) is 0 Å². The molecule has 4 N–H and O–H groups in total. The first-order valence-corrected chi connectivity index (χ1v) is 20.0. The van der Waals surface area contributed by atoms with Crippen molar-refractivity contribution in [3.8, 4) is 28.7 Å². The topological polar surface area (TPSA) is 196 Å². The smallest absolute Gasteiger partial charge is 0.339 e. The number of carboxylic acid groups (broad SMARTS) is 2. The van der Waals surface area contributed by atoms with Crippen LogP contribution in [0.4, 0.5) is 11.4 Å². The van der Waals surface area contributed by atoms with Gasteiger partial charge in [0.05, 0.1) is 16.7 Å². The molecule has 0 radical (unpaired) electrons. The lowest BCUT2D eigenvalue weighted by molar-refractivity contribution is -0.120. The predicted molar refractivity (Wildman–Crippen MR) is 239 cm³/mol. The van der Waals surface area contributed by atoms with Crippen LogP contribution in [0.5, 0.6) is 28.7 Å². The van der Waals surface area contributed by atoms with Crippen molar-refractivity contribution in [2.75, 3.05) is 10.6 Å². The molecular formula is C51H40N2O12. The Balaban J connectivity index is 1.22. The van der Waals surface area contributed by atoms with Gasteiger partial charge in [-0.1, -0.05) is 121 Å². The maximum atomic E-state index is 14.3. The molecule has 0 aliphatic carbocycles. The molecule has 0 saturated carbocycles. The molecule has 14 heteroatoms. The lowest BCUT2D eigenvalue weighted by Crippen LogP contribution is -2.18. The highest BCUT2D eigenvalue weighted by atomic mass is 16.5. The van der Waals surface area contributed by atoms with E-state index < -0.39 is 23.8 Å². The van der Waals surface area contributed by atoms with Gasteiger partial charge in [-0.2, -0.15) is 0 Å². The largest absolute Gasteiger partial charge is 0.489 e. The molecule has 0 spiro atoms. The summed E-state index contributed by atoms with van der Waals surface area (Å²) in [5.74, 6) is -4.79. The summed E-state index contributed by atoms with van der Waals surface area (Å²) in [6.07, 6.45) is 0. The number of rotatable bonds is 20. The number of nitrogens with one attached hydrogen (secondary N) is 2. The summed E-state index contributed by atoms with van der Waals surface area (Å²) in [5.41, 5.74) is 1.84. The van der Waals surface area contributed by atoms with E-state index in [-0.39, 0.29) is 95.3 Å². The second kappa shape index (κ2) is 21.3. The number of carbonyl (C=O) groups is 5. The van der Waals surface area contributed by atoms with E-state index in [1.807, 2.05) is 84.9 Å². The van der Waals surface area contributed by atoms with E-state index >= 15 is 0 Å². The van der Waals surface area contributed by atoms with Crippen LogP contribution in [0.3, 0.4) is 0 Å². The monoisotopic (exact) mass is 872 g/mol. The highest BCUT2D eigenvalue weighted by molar-refractivity contribution is 6.11. The summed E-state index contributed by atoms with van der Waals surface area (Å²) in [7, 11) is 0. The lowest BCUT2D eigenvalue weighted by Gasteiger charge is -2.18. The summed E-state index contributed by atoms with van der Waals surface area (Å²) >= 11 is 0. The van der Waals surface area contributed by atoms with E-state index in [1.165, 1.54) is 36.4 Å². The fraction of sp³-hybridized carbons (Fsp3) is 0.0784. The molecule has 0 atom stereocenters. The first-order chi connectivity index (χ1) is 31.6. The van der Waals surface area contributed by atoms with Crippen molar-refractivity contribution in [2.24, 2.45) is 0 Å². The van der Waals surface area contributed by atoms with Crippen LogP contribution in [-0.4, -0.2) is 40.4 Å². The number of amides is 2. The van der Waals surface area contributed by atoms with Crippen molar-refractivity contribution in [1.29, 1.82) is 0 Å². The average Bonchev–Trinajstić information content (AvgIpc) is 3.32. The third-order valence-electron chi connectivity index (χ3n) is 9.63. The van der Waals surface area contributed by atoms with Gasteiger partial charge in [0.15, 0.2) is 11.5 Å². The minimum atomic E-state index is -1.39. The third kappa shape index (κ3) is 11.9. The van der Waals surface area contributed by atoms with Crippen molar-refractivity contribution >= 4 is 41.6 Å². The Hall–Kier alpha value is -8.91. The first kappa shape index (κ1) is 44.2. The second-order valence-electron chi connectivity index (χ2n) is 14.3. The number of hydrogen-bond acceptors (Lipinski definition) is 10. The van der Waals surface area contributed by atoms with Crippen molar-refractivity contribution in [3.05, 3.63) is 208 Å². The van der Waals surface area contributed by atoms with Crippen molar-refractivity contribution < 1.29 is 57.9 Å². The zero-order valence-electron chi connectivity index (χ0n) is 34.5. The van der Waals surface area contributed by atoms with E-state index in [4.69, 9.17) is 23.7 Å². The molecule has 0 fully saturated rings. The van der Waals surface area contributed by atoms with E-state index in [1.54, 1.807) is 36.4 Å². The SMILES string of the molecule is O=COc1cc(OCc2ccccc2)cc(C(=O)Nc2cc(NC(=O)c3cc(OCc4ccccc4)cc(C(=O)O)c3OCc3ccccc3)cc(C(=O)O)c2)c1OCc1ccccc1. The zero-order valence-corrected chi connectivity index (χ0v) is 34.5. The zero-order chi connectivity index (χ0) is 45.5. The van der Waals surface area contributed by atoms with Crippen LogP contribution >= 0.6 is 0 Å². The number of benzene rings is 7. The number of hydrogen-bond donors (Lipinski definition) is 4. The van der Waals surface area contributed by atoms with E-state index in [2.05, 4.69) is 10.6 Å². The summed E-state index contributed by atoms with van der Waals surface area (Å²) < 4.78 is 29.3. The molecule has 7 rings (SSSR count). The van der Waals surface area contributed by atoms with Gasteiger partial charge in [-0.05, 0) is 58.7 Å². The van der Waals surface area contributed by atoms with Gasteiger partial charge in [-0.25, -0.2) is 9.59 Å². The van der Waals surface area contributed by atoms with E-state index in [0.29, 0.717) is 5.56 Å².